The van der Waals surface area contributed by atoms with Gasteiger partial charge in [-0.15, -0.1) is 0 Å². The van der Waals surface area contributed by atoms with Gasteiger partial charge < -0.3 is 11.1 Å². The maximum Gasteiger partial charge on any atom is 0.256 e. The summed E-state index contributed by atoms with van der Waals surface area (Å²) in [4.78, 5) is 12.2. The molecule has 3 N–H and O–H groups in total. The minimum atomic E-state index is -0.194. The molecule has 0 spiro atoms. The van der Waals surface area contributed by atoms with Gasteiger partial charge in [0.2, 0.25) is 0 Å². The first-order chi connectivity index (χ1) is 8.97. The number of anilines is 2. The molecule has 0 unspecified atom stereocenters. The minimum Gasteiger partial charge on any atom is -0.399 e. The van der Waals surface area contributed by atoms with Gasteiger partial charge in [0, 0.05) is 20.3 Å². The molecular formula is C14H12Br2N2O. The molecule has 0 heterocycles. The highest BCUT2D eigenvalue weighted by molar-refractivity contribution is 9.10. The van der Waals surface area contributed by atoms with E-state index in [1.54, 1.807) is 18.2 Å². The van der Waals surface area contributed by atoms with Gasteiger partial charge in [-0.05, 0) is 58.7 Å². The first-order valence-corrected chi connectivity index (χ1v) is 7.18. The molecule has 0 bridgehead atoms. The van der Waals surface area contributed by atoms with Gasteiger partial charge in [-0.3, -0.25) is 4.79 Å². The predicted molar refractivity (Wildman–Crippen MR) is 85.4 cm³/mol. The van der Waals surface area contributed by atoms with Crippen molar-refractivity contribution < 1.29 is 4.79 Å². The van der Waals surface area contributed by atoms with Gasteiger partial charge in [0.1, 0.15) is 0 Å². The molecule has 0 aliphatic heterocycles. The maximum absolute atomic E-state index is 12.2. The van der Waals surface area contributed by atoms with Crippen LogP contribution in [0.15, 0.2) is 45.3 Å². The second-order valence-electron chi connectivity index (χ2n) is 4.15. The largest absolute Gasteiger partial charge is 0.399 e. The van der Waals surface area contributed by atoms with E-state index < -0.39 is 0 Å². The molecule has 1 amide bonds. The van der Waals surface area contributed by atoms with E-state index in [2.05, 4.69) is 37.2 Å². The van der Waals surface area contributed by atoms with Crippen molar-refractivity contribution >= 4 is 49.1 Å². The zero-order valence-corrected chi connectivity index (χ0v) is 13.4. The van der Waals surface area contributed by atoms with Crippen molar-refractivity contribution in [3.8, 4) is 0 Å². The van der Waals surface area contributed by atoms with E-state index >= 15 is 0 Å². The summed E-state index contributed by atoms with van der Waals surface area (Å²) in [6.45, 7) is 1.94. The lowest BCUT2D eigenvalue weighted by atomic mass is 10.1. The molecule has 5 heteroatoms. The Balaban J connectivity index is 2.30. The number of nitrogens with one attached hydrogen (secondary N) is 1. The van der Waals surface area contributed by atoms with Gasteiger partial charge in [0.15, 0.2) is 0 Å². The zero-order chi connectivity index (χ0) is 14.0. The van der Waals surface area contributed by atoms with Gasteiger partial charge >= 0.3 is 0 Å². The molecule has 0 fully saturated rings. The van der Waals surface area contributed by atoms with E-state index in [9.17, 15) is 4.79 Å². The number of hydrogen-bond donors (Lipinski definition) is 2. The molecule has 0 radical (unpaired) electrons. The van der Waals surface area contributed by atoms with Crippen molar-refractivity contribution in [1.29, 1.82) is 0 Å². The van der Waals surface area contributed by atoms with E-state index in [-0.39, 0.29) is 5.91 Å². The summed E-state index contributed by atoms with van der Waals surface area (Å²) in [5, 5.41) is 2.88. The minimum absolute atomic E-state index is 0.194. The van der Waals surface area contributed by atoms with Crippen LogP contribution in [0.5, 0.6) is 0 Å². The number of halogens is 2. The quantitative estimate of drug-likeness (QED) is 0.757. The first kappa shape index (κ1) is 14.1. The Morgan fingerprint density at radius 3 is 2.63 bits per heavy atom. The molecule has 3 nitrogen and oxygen atoms in total. The molecular weight excluding hydrogens is 372 g/mol. The molecule has 2 aromatic carbocycles. The number of carbonyl (C=O) groups is 1. The summed E-state index contributed by atoms with van der Waals surface area (Å²) >= 11 is 6.74. The van der Waals surface area contributed by atoms with Crippen molar-refractivity contribution in [3.63, 3.8) is 0 Å². The van der Waals surface area contributed by atoms with Crippen LogP contribution in [-0.2, 0) is 0 Å². The Morgan fingerprint density at radius 2 is 1.89 bits per heavy atom. The van der Waals surface area contributed by atoms with Gasteiger partial charge in [0.05, 0.1) is 5.56 Å². The Morgan fingerprint density at radius 1 is 1.16 bits per heavy atom. The summed E-state index contributed by atoms with van der Waals surface area (Å²) in [6, 6.07) is 10.9. The molecule has 0 saturated carbocycles. The zero-order valence-electron chi connectivity index (χ0n) is 10.2. The number of nitrogens with two attached hydrogens (primary N) is 1. The van der Waals surface area contributed by atoms with Crippen LogP contribution in [0.2, 0.25) is 0 Å². The summed E-state index contributed by atoms with van der Waals surface area (Å²) < 4.78 is 1.63. The van der Waals surface area contributed by atoms with Gasteiger partial charge in [-0.2, -0.15) is 0 Å². The van der Waals surface area contributed by atoms with E-state index in [4.69, 9.17) is 5.73 Å². The summed E-state index contributed by atoms with van der Waals surface area (Å²) in [6.07, 6.45) is 0. The van der Waals surface area contributed by atoms with E-state index in [0.717, 1.165) is 15.7 Å². The summed E-state index contributed by atoms with van der Waals surface area (Å²) in [5.41, 5.74) is 8.54. The molecule has 2 rings (SSSR count). The van der Waals surface area contributed by atoms with Crippen LogP contribution in [0.25, 0.3) is 0 Å². The van der Waals surface area contributed by atoms with E-state index in [1.165, 1.54) is 0 Å². The number of benzene rings is 2. The average Bonchev–Trinajstić information content (AvgIpc) is 2.36. The number of carbonyl (C=O) groups excluding carboxylic acids is 1. The fourth-order valence-corrected chi connectivity index (χ4v) is 2.42. The van der Waals surface area contributed by atoms with E-state index in [0.29, 0.717) is 15.7 Å². The van der Waals surface area contributed by atoms with Crippen LogP contribution in [0.1, 0.15) is 15.9 Å². The van der Waals surface area contributed by atoms with Gasteiger partial charge in [-0.1, -0.05) is 22.0 Å². The molecule has 0 aliphatic rings. The lowest BCUT2D eigenvalue weighted by Gasteiger charge is -2.10. The van der Waals surface area contributed by atoms with Crippen molar-refractivity contribution in [2.45, 2.75) is 6.92 Å². The van der Waals surface area contributed by atoms with Crippen LogP contribution in [0.4, 0.5) is 11.4 Å². The topological polar surface area (TPSA) is 55.1 Å². The SMILES string of the molecule is Cc1ccc(Br)cc1NC(=O)c1cc(N)ccc1Br. The smallest absolute Gasteiger partial charge is 0.256 e. The molecule has 0 aromatic heterocycles. The highest BCUT2D eigenvalue weighted by atomic mass is 79.9. The van der Waals surface area contributed by atoms with Crippen LogP contribution in [0.3, 0.4) is 0 Å². The first-order valence-electron chi connectivity index (χ1n) is 5.60. The Hall–Kier alpha value is -1.33. The van der Waals surface area contributed by atoms with Crippen molar-refractivity contribution in [1.82, 2.24) is 0 Å². The summed E-state index contributed by atoms with van der Waals surface area (Å²) in [7, 11) is 0. The maximum atomic E-state index is 12.2. The third kappa shape index (κ3) is 3.36. The normalized spacial score (nSPS) is 10.3. The molecule has 2 aromatic rings. The van der Waals surface area contributed by atoms with Crippen LogP contribution >= 0.6 is 31.9 Å². The fourth-order valence-electron chi connectivity index (χ4n) is 1.64. The lowest BCUT2D eigenvalue weighted by molar-refractivity contribution is 0.102. The monoisotopic (exact) mass is 382 g/mol. The standard InChI is InChI=1S/C14H12Br2N2O/c1-8-2-3-9(15)6-13(8)18-14(19)11-7-10(17)4-5-12(11)16/h2-7H,17H2,1H3,(H,18,19). The molecule has 0 atom stereocenters. The number of nitrogen functional groups attached to an aromatic ring is 1. The van der Waals surface area contributed by atoms with Crippen LogP contribution in [0, 0.1) is 6.92 Å². The highest BCUT2D eigenvalue weighted by Crippen LogP contribution is 2.24. The van der Waals surface area contributed by atoms with Crippen LogP contribution in [-0.4, -0.2) is 5.91 Å². The molecule has 98 valence electrons. The summed E-state index contributed by atoms with van der Waals surface area (Å²) in [5.74, 6) is -0.194. The fraction of sp³-hybridized carbons (Fsp3) is 0.0714. The average molecular weight is 384 g/mol. The van der Waals surface area contributed by atoms with Crippen molar-refractivity contribution in [2.24, 2.45) is 0 Å². The van der Waals surface area contributed by atoms with E-state index in [1.807, 2.05) is 25.1 Å². The third-order valence-electron chi connectivity index (χ3n) is 2.68. The molecule has 0 saturated heterocycles. The van der Waals surface area contributed by atoms with Crippen LogP contribution < -0.4 is 11.1 Å². The highest BCUT2D eigenvalue weighted by Gasteiger charge is 2.12. The Labute approximate surface area is 128 Å². The van der Waals surface area contributed by atoms with Crippen molar-refractivity contribution in [2.75, 3.05) is 11.1 Å². The predicted octanol–water partition coefficient (Wildman–Crippen LogP) is 4.35. The molecule has 19 heavy (non-hydrogen) atoms. The second-order valence-corrected chi connectivity index (χ2v) is 5.92. The lowest BCUT2D eigenvalue weighted by Crippen LogP contribution is -2.13. The number of hydrogen-bond acceptors (Lipinski definition) is 2. The number of amides is 1. The Kier molecular flexibility index (Phi) is 4.27. The molecule has 0 aliphatic carbocycles. The number of aryl methyl sites for hydroxylation is 1. The van der Waals surface area contributed by atoms with Gasteiger partial charge in [0.25, 0.3) is 5.91 Å². The van der Waals surface area contributed by atoms with Gasteiger partial charge in [-0.25, -0.2) is 0 Å². The van der Waals surface area contributed by atoms with Crippen molar-refractivity contribution in [3.05, 3.63) is 56.5 Å². The Bertz CT molecular complexity index is 641. The second kappa shape index (κ2) is 5.75. The third-order valence-corrected chi connectivity index (χ3v) is 3.87. The number of rotatable bonds is 2.